The average Bonchev–Trinajstić information content (AvgIpc) is 3.02. The Morgan fingerprint density at radius 3 is 2.34 bits per heavy atom. The van der Waals surface area contributed by atoms with Crippen LogP contribution >= 0.6 is 11.6 Å². The topological polar surface area (TPSA) is 84.0 Å². The molecule has 4 rings (SSSR count). The number of hydrogen-bond donors (Lipinski definition) is 0. The summed E-state index contributed by atoms with van der Waals surface area (Å²) in [6.45, 7) is 3.61. The summed E-state index contributed by atoms with van der Waals surface area (Å²) in [5, 5.41) is 0.265. The standard InChI is InChI=1S/C24H23ClN2O5/c1-14-6-5-7-15(2)26(14)21(28)13-32-24(31)16-10-11-17-18(12-16)23(30)27(22(17)29)20-9-4-3-8-19(20)25/h3-4,8-12,14-15H,5-7,13H2,1-2H3/t14-,15-/m1/s1. The molecule has 0 bridgehead atoms. The van der Waals surface area contributed by atoms with Gasteiger partial charge in [0.25, 0.3) is 17.7 Å². The predicted octanol–water partition coefficient (Wildman–Crippen LogP) is 4.09. The molecule has 0 aromatic heterocycles. The Kier molecular flexibility index (Phi) is 6.02. The van der Waals surface area contributed by atoms with E-state index in [0.717, 1.165) is 24.2 Å². The number of benzene rings is 2. The summed E-state index contributed by atoms with van der Waals surface area (Å²) >= 11 is 6.16. The number of para-hydroxylation sites is 1. The number of imide groups is 1. The van der Waals surface area contributed by atoms with Gasteiger partial charge in [-0.2, -0.15) is 0 Å². The van der Waals surface area contributed by atoms with E-state index in [2.05, 4.69) is 0 Å². The molecule has 0 saturated carbocycles. The molecule has 2 aromatic rings. The van der Waals surface area contributed by atoms with E-state index in [0.29, 0.717) is 0 Å². The highest BCUT2D eigenvalue weighted by molar-refractivity contribution is 6.39. The van der Waals surface area contributed by atoms with Crippen LogP contribution in [0.15, 0.2) is 42.5 Å². The first-order valence-electron chi connectivity index (χ1n) is 10.5. The first-order valence-corrected chi connectivity index (χ1v) is 10.9. The zero-order valence-electron chi connectivity index (χ0n) is 17.8. The molecule has 2 aliphatic rings. The molecule has 0 aliphatic carbocycles. The van der Waals surface area contributed by atoms with Crippen LogP contribution in [0.4, 0.5) is 5.69 Å². The first kappa shape index (κ1) is 22.0. The maximum absolute atomic E-state index is 12.9. The number of amides is 3. The third kappa shape index (κ3) is 3.88. The van der Waals surface area contributed by atoms with E-state index in [9.17, 15) is 19.2 Å². The molecule has 2 aromatic carbocycles. The van der Waals surface area contributed by atoms with Crippen LogP contribution in [0, 0.1) is 0 Å². The molecule has 2 atom stereocenters. The quantitative estimate of drug-likeness (QED) is 0.513. The second-order valence-corrected chi connectivity index (χ2v) is 8.57. The summed E-state index contributed by atoms with van der Waals surface area (Å²) in [6, 6.07) is 10.9. The number of esters is 1. The van der Waals surface area contributed by atoms with E-state index in [1.165, 1.54) is 18.2 Å². The fraction of sp³-hybridized carbons (Fsp3) is 0.333. The monoisotopic (exact) mass is 454 g/mol. The minimum atomic E-state index is -0.727. The zero-order chi connectivity index (χ0) is 23.0. The summed E-state index contributed by atoms with van der Waals surface area (Å²) in [5.41, 5.74) is 0.644. The van der Waals surface area contributed by atoms with Crippen molar-refractivity contribution in [3.8, 4) is 0 Å². The molecule has 2 aliphatic heterocycles. The molecule has 0 N–H and O–H groups in total. The van der Waals surface area contributed by atoms with Crippen LogP contribution in [0.5, 0.6) is 0 Å². The van der Waals surface area contributed by atoms with E-state index >= 15 is 0 Å². The number of ether oxygens (including phenoxy) is 1. The van der Waals surface area contributed by atoms with E-state index in [4.69, 9.17) is 16.3 Å². The highest BCUT2D eigenvalue weighted by Crippen LogP contribution is 2.33. The van der Waals surface area contributed by atoms with Crippen molar-refractivity contribution >= 4 is 41.0 Å². The van der Waals surface area contributed by atoms with Crippen molar-refractivity contribution in [2.45, 2.75) is 45.2 Å². The van der Waals surface area contributed by atoms with Gasteiger partial charge < -0.3 is 9.64 Å². The van der Waals surface area contributed by atoms with Crippen molar-refractivity contribution in [1.82, 2.24) is 4.90 Å². The number of halogens is 1. The zero-order valence-corrected chi connectivity index (χ0v) is 18.6. The largest absolute Gasteiger partial charge is 0.452 e. The van der Waals surface area contributed by atoms with Gasteiger partial charge in [0.05, 0.1) is 27.4 Å². The highest BCUT2D eigenvalue weighted by atomic mass is 35.5. The fourth-order valence-electron chi connectivity index (χ4n) is 4.42. The number of hydrogen-bond acceptors (Lipinski definition) is 5. The van der Waals surface area contributed by atoms with E-state index < -0.39 is 17.8 Å². The molecule has 0 radical (unpaired) electrons. The Labute approximate surface area is 190 Å². The average molecular weight is 455 g/mol. The molecular weight excluding hydrogens is 432 g/mol. The van der Waals surface area contributed by atoms with Crippen molar-refractivity contribution in [2.24, 2.45) is 0 Å². The van der Waals surface area contributed by atoms with Crippen LogP contribution < -0.4 is 4.90 Å². The van der Waals surface area contributed by atoms with Gasteiger partial charge in [0.15, 0.2) is 6.61 Å². The van der Waals surface area contributed by atoms with Crippen molar-refractivity contribution in [3.63, 3.8) is 0 Å². The Morgan fingerprint density at radius 1 is 1.00 bits per heavy atom. The van der Waals surface area contributed by atoms with Gasteiger partial charge in [0, 0.05) is 12.1 Å². The van der Waals surface area contributed by atoms with Gasteiger partial charge >= 0.3 is 5.97 Å². The second-order valence-electron chi connectivity index (χ2n) is 8.16. The number of piperidine rings is 1. The lowest BCUT2D eigenvalue weighted by Crippen LogP contribution is -2.49. The molecule has 0 unspecified atom stereocenters. The Morgan fingerprint density at radius 2 is 1.66 bits per heavy atom. The van der Waals surface area contributed by atoms with Crippen LogP contribution in [0.1, 0.15) is 64.2 Å². The maximum Gasteiger partial charge on any atom is 0.338 e. The molecule has 1 fully saturated rings. The van der Waals surface area contributed by atoms with Crippen molar-refractivity contribution in [1.29, 1.82) is 0 Å². The molecule has 166 valence electrons. The molecule has 2 heterocycles. The van der Waals surface area contributed by atoms with Crippen LogP contribution in [0.2, 0.25) is 5.02 Å². The maximum atomic E-state index is 12.9. The van der Waals surface area contributed by atoms with Crippen LogP contribution in [0.3, 0.4) is 0 Å². The molecular formula is C24H23ClN2O5. The van der Waals surface area contributed by atoms with Gasteiger partial charge in [-0.05, 0) is 63.4 Å². The molecule has 1 saturated heterocycles. The number of carbonyl (C=O) groups is 4. The van der Waals surface area contributed by atoms with E-state index in [1.54, 1.807) is 29.2 Å². The minimum Gasteiger partial charge on any atom is -0.452 e. The summed E-state index contributed by atoms with van der Waals surface area (Å²) in [7, 11) is 0. The minimum absolute atomic E-state index is 0.0916. The number of fused-ring (bicyclic) bond motifs is 1. The molecule has 32 heavy (non-hydrogen) atoms. The summed E-state index contributed by atoms with van der Waals surface area (Å²) in [5.74, 6) is -2.05. The Bertz CT molecular complexity index is 1110. The number of rotatable bonds is 4. The number of anilines is 1. The summed E-state index contributed by atoms with van der Waals surface area (Å²) in [6.07, 6.45) is 2.92. The van der Waals surface area contributed by atoms with Crippen LogP contribution in [-0.2, 0) is 9.53 Å². The Balaban J connectivity index is 1.49. The van der Waals surface area contributed by atoms with Crippen molar-refractivity contribution in [3.05, 3.63) is 64.2 Å². The number of carbonyl (C=O) groups excluding carboxylic acids is 4. The third-order valence-electron chi connectivity index (χ3n) is 6.02. The lowest BCUT2D eigenvalue weighted by molar-refractivity contribution is -0.140. The van der Waals surface area contributed by atoms with Crippen molar-refractivity contribution in [2.75, 3.05) is 11.5 Å². The van der Waals surface area contributed by atoms with Gasteiger partial charge in [-0.3, -0.25) is 14.4 Å². The van der Waals surface area contributed by atoms with Crippen LogP contribution in [0.25, 0.3) is 0 Å². The molecule has 0 spiro atoms. The number of nitrogens with zero attached hydrogens (tertiary/aromatic N) is 2. The molecule has 3 amide bonds. The second kappa shape index (κ2) is 8.74. The lowest BCUT2D eigenvalue weighted by atomic mass is 9.97. The first-order chi connectivity index (χ1) is 15.3. The summed E-state index contributed by atoms with van der Waals surface area (Å²) in [4.78, 5) is 53.6. The van der Waals surface area contributed by atoms with Crippen LogP contribution in [-0.4, -0.2) is 47.3 Å². The van der Waals surface area contributed by atoms with E-state index in [-0.39, 0.29) is 52.0 Å². The SMILES string of the molecule is C[C@@H]1CCC[C@@H](C)N1C(=O)COC(=O)c1ccc2c(c1)C(=O)N(c1ccccc1Cl)C2=O. The lowest BCUT2D eigenvalue weighted by Gasteiger charge is -2.38. The van der Waals surface area contributed by atoms with Gasteiger partial charge in [-0.25, -0.2) is 9.69 Å². The van der Waals surface area contributed by atoms with E-state index in [1.807, 2.05) is 13.8 Å². The smallest absolute Gasteiger partial charge is 0.338 e. The predicted molar refractivity (Wildman–Crippen MR) is 119 cm³/mol. The molecule has 7 nitrogen and oxygen atoms in total. The third-order valence-corrected chi connectivity index (χ3v) is 6.34. The van der Waals surface area contributed by atoms with Gasteiger partial charge in [0.2, 0.25) is 0 Å². The van der Waals surface area contributed by atoms with Gasteiger partial charge in [0.1, 0.15) is 0 Å². The highest BCUT2D eigenvalue weighted by Gasteiger charge is 2.38. The molecule has 8 heteroatoms. The van der Waals surface area contributed by atoms with Gasteiger partial charge in [-0.15, -0.1) is 0 Å². The summed E-state index contributed by atoms with van der Waals surface area (Å²) < 4.78 is 5.23. The van der Waals surface area contributed by atoms with Gasteiger partial charge in [-0.1, -0.05) is 23.7 Å². The normalized spacial score (nSPS) is 20.3. The number of likely N-dealkylation sites (tertiary alicyclic amines) is 1. The Hall–Kier alpha value is -3.19. The van der Waals surface area contributed by atoms with Crippen molar-refractivity contribution < 1.29 is 23.9 Å². The fourth-order valence-corrected chi connectivity index (χ4v) is 4.64.